The molecule has 1 N–H and O–H groups in total. The summed E-state index contributed by atoms with van der Waals surface area (Å²) in [6.07, 6.45) is 4.97. The summed E-state index contributed by atoms with van der Waals surface area (Å²) in [5, 5.41) is 15.5. The number of fused-ring (bicyclic) bond motifs is 1. The van der Waals surface area contributed by atoms with E-state index in [0.29, 0.717) is 5.82 Å². The molecule has 0 fully saturated rings. The van der Waals surface area contributed by atoms with Crippen molar-refractivity contribution in [3.63, 3.8) is 0 Å². The Morgan fingerprint density at radius 2 is 2.10 bits per heavy atom. The Kier molecular flexibility index (Phi) is 2.50. The summed E-state index contributed by atoms with van der Waals surface area (Å²) in [6, 6.07) is 7.75. The Bertz CT molecular complexity index is 907. The minimum atomic E-state index is 0.688. The molecule has 0 atom stereocenters. The first-order chi connectivity index (χ1) is 10.3. The van der Waals surface area contributed by atoms with Gasteiger partial charge in [-0.2, -0.15) is 9.78 Å². The van der Waals surface area contributed by atoms with Gasteiger partial charge in [0.2, 0.25) is 0 Å². The predicted octanol–water partition coefficient (Wildman–Crippen LogP) is 1.91. The molecule has 3 heterocycles. The summed E-state index contributed by atoms with van der Waals surface area (Å²) in [4.78, 5) is 8.13. The van der Waals surface area contributed by atoms with Gasteiger partial charge in [-0.15, -0.1) is 5.10 Å². The summed E-state index contributed by atoms with van der Waals surface area (Å²) >= 11 is 0. The Balaban J connectivity index is 1.98. The van der Waals surface area contributed by atoms with Gasteiger partial charge in [0.05, 0.1) is 11.7 Å². The average Bonchev–Trinajstić information content (AvgIpc) is 3.14. The van der Waals surface area contributed by atoms with Gasteiger partial charge in [-0.05, 0) is 13.0 Å². The average molecular weight is 277 g/mol. The second kappa shape index (κ2) is 4.48. The predicted molar refractivity (Wildman–Crippen MR) is 76.8 cm³/mol. The fraction of sp³-hybridized carbons (Fsp3) is 0.0714. The van der Waals surface area contributed by atoms with E-state index >= 15 is 0 Å². The topological polar surface area (TPSA) is 85.2 Å². The molecule has 0 spiro atoms. The number of aromatic amines is 1. The maximum Gasteiger partial charge on any atom is 0.159 e. The van der Waals surface area contributed by atoms with Gasteiger partial charge < -0.3 is 0 Å². The minimum absolute atomic E-state index is 0.688. The molecule has 0 unspecified atom stereocenters. The van der Waals surface area contributed by atoms with Crippen LogP contribution in [0.25, 0.3) is 28.0 Å². The van der Waals surface area contributed by atoms with Gasteiger partial charge in [0.25, 0.3) is 0 Å². The van der Waals surface area contributed by atoms with Crippen LogP contribution in [0.4, 0.5) is 0 Å². The number of H-pyrrole nitrogens is 1. The van der Waals surface area contributed by atoms with E-state index in [1.807, 2.05) is 25.1 Å². The maximum atomic E-state index is 4.30. The molecule has 0 aliphatic heterocycles. The van der Waals surface area contributed by atoms with Crippen molar-refractivity contribution in [2.24, 2.45) is 0 Å². The monoisotopic (exact) mass is 277 g/mol. The molecule has 0 aliphatic rings. The van der Waals surface area contributed by atoms with Crippen LogP contribution in [0.15, 0.2) is 43.0 Å². The smallest absolute Gasteiger partial charge is 0.159 e. The van der Waals surface area contributed by atoms with E-state index in [9.17, 15) is 0 Å². The summed E-state index contributed by atoms with van der Waals surface area (Å²) in [7, 11) is 0. The van der Waals surface area contributed by atoms with E-state index in [-0.39, 0.29) is 0 Å². The van der Waals surface area contributed by atoms with Crippen LogP contribution in [0.5, 0.6) is 0 Å². The van der Waals surface area contributed by atoms with Gasteiger partial charge in [-0.3, -0.25) is 5.10 Å². The number of aromatic nitrogens is 7. The molecule has 0 aliphatic carbocycles. The van der Waals surface area contributed by atoms with E-state index in [1.165, 1.54) is 6.33 Å². The first-order valence-corrected chi connectivity index (χ1v) is 6.46. The molecule has 0 saturated carbocycles. The van der Waals surface area contributed by atoms with Crippen molar-refractivity contribution in [3.05, 3.63) is 48.7 Å². The summed E-state index contributed by atoms with van der Waals surface area (Å²) < 4.78 is 1.70. The summed E-state index contributed by atoms with van der Waals surface area (Å²) in [5.74, 6) is 0.688. The van der Waals surface area contributed by atoms with Crippen LogP contribution in [0.2, 0.25) is 0 Å². The number of nitrogens with one attached hydrogen (secondary N) is 1. The van der Waals surface area contributed by atoms with Crippen LogP contribution >= 0.6 is 0 Å². The molecule has 7 nitrogen and oxygen atoms in total. The van der Waals surface area contributed by atoms with Crippen LogP contribution in [0.1, 0.15) is 5.69 Å². The van der Waals surface area contributed by atoms with Gasteiger partial charge in [0.15, 0.2) is 5.82 Å². The minimum Gasteiger partial charge on any atom is -0.282 e. The van der Waals surface area contributed by atoms with Crippen LogP contribution in [-0.4, -0.2) is 35.2 Å². The first kappa shape index (κ1) is 11.7. The molecule has 4 aromatic rings. The quantitative estimate of drug-likeness (QED) is 0.605. The van der Waals surface area contributed by atoms with Crippen LogP contribution in [0.3, 0.4) is 0 Å². The molecule has 0 bridgehead atoms. The molecule has 0 radical (unpaired) electrons. The maximum absolute atomic E-state index is 4.30. The van der Waals surface area contributed by atoms with E-state index in [4.69, 9.17) is 0 Å². The lowest BCUT2D eigenvalue weighted by molar-refractivity contribution is 0.797. The third-order valence-corrected chi connectivity index (χ3v) is 3.38. The highest BCUT2D eigenvalue weighted by Gasteiger charge is 2.14. The lowest BCUT2D eigenvalue weighted by Crippen LogP contribution is -1.99. The van der Waals surface area contributed by atoms with Gasteiger partial charge in [0, 0.05) is 29.1 Å². The van der Waals surface area contributed by atoms with Crippen molar-refractivity contribution >= 4 is 11.0 Å². The molecule has 0 amide bonds. The van der Waals surface area contributed by atoms with Crippen molar-refractivity contribution in [2.45, 2.75) is 6.92 Å². The normalized spacial score (nSPS) is 11.1. The standard InChI is InChI=1S/C14H11N7/c1-9-11(7-17-18-9)10-3-2-4-12-14(10)19-20-21(12)13-5-6-15-8-16-13/h2-8H,1H3,(H,17,18). The van der Waals surface area contributed by atoms with Crippen LogP contribution < -0.4 is 0 Å². The highest BCUT2D eigenvalue weighted by atomic mass is 15.4. The van der Waals surface area contributed by atoms with Gasteiger partial charge in [-0.25, -0.2) is 9.97 Å². The SMILES string of the molecule is Cc1[nH]ncc1-c1cccc2c1nnn2-c1ccncn1. The van der Waals surface area contributed by atoms with Gasteiger partial charge >= 0.3 is 0 Å². The van der Waals surface area contributed by atoms with Gasteiger partial charge in [0.1, 0.15) is 11.8 Å². The third kappa shape index (κ3) is 1.78. The second-order valence-electron chi connectivity index (χ2n) is 4.65. The summed E-state index contributed by atoms with van der Waals surface area (Å²) in [6.45, 7) is 1.98. The number of hydrogen-bond acceptors (Lipinski definition) is 5. The zero-order chi connectivity index (χ0) is 14.2. The molecular formula is C14H11N7. The van der Waals surface area contributed by atoms with E-state index in [0.717, 1.165) is 27.9 Å². The van der Waals surface area contributed by atoms with Crippen molar-refractivity contribution in [3.8, 4) is 16.9 Å². The van der Waals surface area contributed by atoms with Crippen molar-refractivity contribution in [1.29, 1.82) is 0 Å². The number of hydrogen-bond donors (Lipinski definition) is 1. The molecule has 3 aromatic heterocycles. The van der Waals surface area contributed by atoms with Crippen molar-refractivity contribution < 1.29 is 0 Å². The largest absolute Gasteiger partial charge is 0.282 e. The molecule has 7 heteroatoms. The molecular weight excluding hydrogens is 266 g/mol. The molecule has 102 valence electrons. The third-order valence-electron chi connectivity index (χ3n) is 3.38. The number of nitrogens with zero attached hydrogens (tertiary/aromatic N) is 6. The second-order valence-corrected chi connectivity index (χ2v) is 4.65. The highest BCUT2D eigenvalue weighted by Crippen LogP contribution is 2.28. The van der Waals surface area contributed by atoms with E-state index in [2.05, 4.69) is 30.5 Å². The fourth-order valence-corrected chi connectivity index (χ4v) is 2.36. The van der Waals surface area contributed by atoms with E-state index < -0.39 is 0 Å². The van der Waals surface area contributed by atoms with Crippen molar-refractivity contribution in [1.82, 2.24) is 35.2 Å². The molecule has 4 rings (SSSR count). The zero-order valence-electron chi connectivity index (χ0n) is 11.2. The Labute approximate surface area is 119 Å². The number of benzene rings is 1. The fourth-order valence-electron chi connectivity index (χ4n) is 2.36. The molecule has 0 saturated heterocycles. The lowest BCUT2D eigenvalue weighted by Gasteiger charge is -2.02. The van der Waals surface area contributed by atoms with Gasteiger partial charge in [-0.1, -0.05) is 17.3 Å². The van der Waals surface area contributed by atoms with Crippen LogP contribution in [-0.2, 0) is 0 Å². The Morgan fingerprint density at radius 1 is 1.14 bits per heavy atom. The summed E-state index contributed by atoms with van der Waals surface area (Å²) in [5.41, 5.74) is 4.74. The Hall–Kier alpha value is -3.09. The zero-order valence-corrected chi connectivity index (χ0v) is 11.2. The number of rotatable bonds is 2. The lowest BCUT2D eigenvalue weighted by atomic mass is 10.1. The van der Waals surface area contributed by atoms with Crippen molar-refractivity contribution in [2.75, 3.05) is 0 Å². The first-order valence-electron chi connectivity index (χ1n) is 6.46. The molecule has 1 aromatic carbocycles. The Morgan fingerprint density at radius 3 is 2.86 bits per heavy atom. The number of aryl methyl sites for hydroxylation is 1. The molecule has 21 heavy (non-hydrogen) atoms. The van der Waals surface area contributed by atoms with E-state index in [1.54, 1.807) is 23.1 Å². The highest BCUT2D eigenvalue weighted by molar-refractivity contribution is 5.92. The van der Waals surface area contributed by atoms with Crippen LogP contribution in [0, 0.1) is 6.92 Å².